The minimum Gasteiger partial charge on any atom is -0.341 e. The summed E-state index contributed by atoms with van der Waals surface area (Å²) in [5, 5.41) is 18.6. The van der Waals surface area contributed by atoms with Crippen molar-refractivity contribution in [1.29, 1.82) is 0 Å². The summed E-state index contributed by atoms with van der Waals surface area (Å²) in [4.78, 5) is 15.8. The van der Waals surface area contributed by atoms with Gasteiger partial charge >= 0.3 is 0 Å². The van der Waals surface area contributed by atoms with Crippen molar-refractivity contribution in [2.45, 2.75) is 19.9 Å². The molecule has 16 heavy (non-hydrogen) atoms. The van der Waals surface area contributed by atoms with E-state index in [1.54, 1.807) is 12.3 Å². The summed E-state index contributed by atoms with van der Waals surface area (Å²) in [5.41, 5.74) is 0.415. The van der Waals surface area contributed by atoms with Crippen molar-refractivity contribution >= 4 is 17.2 Å². The molecule has 2 aromatic rings. The molecule has 2 N–H and O–H groups in total. The Hall–Kier alpha value is -1.83. The Morgan fingerprint density at radius 2 is 2.44 bits per heavy atom. The average Bonchev–Trinajstić information content (AvgIpc) is 2.87. The van der Waals surface area contributed by atoms with E-state index in [-0.39, 0.29) is 11.9 Å². The van der Waals surface area contributed by atoms with Gasteiger partial charge in [0.25, 0.3) is 5.91 Å². The van der Waals surface area contributed by atoms with Gasteiger partial charge in [0.1, 0.15) is 5.69 Å². The van der Waals surface area contributed by atoms with Crippen molar-refractivity contribution in [1.82, 2.24) is 30.9 Å². The summed E-state index contributed by atoms with van der Waals surface area (Å²) in [5.74, 6) is 0.210. The first-order valence-corrected chi connectivity index (χ1v) is 5.51. The lowest BCUT2D eigenvalue weighted by atomic mass is 10.3. The topological polar surface area (TPSA) is 96.5 Å². The zero-order valence-electron chi connectivity index (χ0n) is 8.76. The van der Waals surface area contributed by atoms with E-state index in [2.05, 4.69) is 30.9 Å². The number of amides is 1. The number of aryl methyl sites for hydroxylation is 1. The number of carbonyl (C=O) groups is 1. The van der Waals surface area contributed by atoms with Crippen molar-refractivity contribution in [3.05, 3.63) is 21.9 Å². The Labute approximate surface area is 95.3 Å². The first-order valence-electron chi connectivity index (χ1n) is 4.63. The van der Waals surface area contributed by atoms with Gasteiger partial charge in [-0.2, -0.15) is 5.21 Å². The van der Waals surface area contributed by atoms with Crippen LogP contribution in [0.2, 0.25) is 0 Å². The van der Waals surface area contributed by atoms with Crippen molar-refractivity contribution in [2.75, 3.05) is 0 Å². The van der Waals surface area contributed by atoms with Gasteiger partial charge in [-0.15, -0.1) is 21.5 Å². The number of hydrogen-bond acceptors (Lipinski definition) is 6. The van der Waals surface area contributed by atoms with Crippen LogP contribution in [0.5, 0.6) is 0 Å². The fraction of sp³-hybridized carbons (Fsp3) is 0.375. The van der Waals surface area contributed by atoms with Gasteiger partial charge in [-0.05, 0) is 13.8 Å². The van der Waals surface area contributed by atoms with Crippen molar-refractivity contribution in [3.63, 3.8) is 0 Å². The maximum Gasteiger partial charge on any atom is 0.271 e. The van der Waals surface area contributed by atoms with E-state index < -0.39 is 0 Å². The van der Waals surface area contributed by atoms with Crippen LogP contribution >= 0.6 is 11.3 Å². The fourth-order valence-electron chi connectivity index (χ4n) is 1.16. The monoisotopic (exact) mass is 238 g/mol. The number of H-pyrrole nitrogens is 1. The predicted molar refractivity (Wildman–Crippen MR) is 56.9 cm³/mol. The van der Waals surface area contributed by atoms with E-state index in [0.29, 0.717) is 11.5 Å². The molecule has 1 unspecified atom stereocenters. The number of carbonyl (C=O) groups excluding carboxylic acids is 1. The highest BCUT2D eigenvalue weighted by molar-refractivity contribution is 7.09. The van der Waals surface area contributed by atoms with Crippen molar-refractivity contribution < 1.29 is 4.79 Å². The molecule has 0 aliphatic rings. The Morgan fingerprint density at radius 3 is 3.00 bits per heavy atom. The zero-order chi connectivity index (χ0) is 11.5. The third kappa shape index (κ3) is 2.22. The Bertz CT molecular complexity index is 478. The molecule has 0 aromatic carbocycles. The number of tetrazole rings is 1. The van der Waals surface area contributed by atoms with Gasteiger partial charge in [-0.25, -0.2) is 4.98 Å². The van der Waals surface area contributed by atoms with Crippen LogP contribution in [-0.2, 0) is 0 Å². The van der Waals surface area contributed by atoms with Gasteiger partial charge in [0.15, 0.2) is 5.82 Å². The Kier molecular flexibility index (Phi) is 2.91. The van der Waals surface area contributed by atoms with Gasteiger partial charge in [0.05, 0.1) is 11.0 Å². The molecule has 1 atom stereocenters. The molecule has 0 radical (unpaired) electrons. The molecule has 7 nitrogen and oxygen atoms in total. The zero-order valence-corrected chi connectivity index (χ0v) is 9.58. The Balaban J connectivity index is 2.03. The summed E-state index contributed by atoms with van der Waals surface area (Å²) in [6.07, 6.45) is 0. The minimum absolute atomic E-state index is 0.235. The number of thiazole rings is 1. The molecule has 1 amide bonds. The van der Waals surface area contributed by atoms with Crippen LogP contribution in [0.3, 0.4) is 0 Å². The van der Waals surface area contributed by atoms with E-state index in [1.165, 1.54) is 11.3 Å². The molecule has 0 fully saturated rings. The number of aromatic amines is 1. The molecule has 0 saturated heterocycles. The fourth-order valence-corrected chi connectivity index (χ4v) is 1.75. The lowest BCUT2D eigenvalue weighted by Gasteiger charge is -2.07. The molecule has 8 heteroatoms. The van der Waals surface area contributed by atoms with Gasteiger partial charge in [0, 0.05) is 5.38 Å². The molecule has 2 rings (SSSR count). The molecule has 0 aliphatic carbocycles. The molecule has 2 aromatic heterocycles. The highest BCUT2D eigenvalue weighted by atomic mass is 32.1. The molecule has 0 spiro atoms. The highest BCUT2D eigenvalue weighted by Crippen LogP contribution is 2.10. The standard InChI is InChI=1S/C8H10N6OS/c1-4(7-11-13-14-12-7)9-8(15)6-3-16-5(2)10-6/h3-4H,1-2H3,(H,9,15)(H,11,12,13,14). The van der Waals surface area contributed by atoms with Gasteiger partial charge in [-0.3, -0.25) is 4.79 Å². The smallest absolute Gasteiger partial charge is 0.271 e. The second kappa shape index (κ2) is 4.35. The maximum absolute atomic E-state index is 11.7. The number of aromatic nitrogens is 5. The predicted octanol–water partition coefficient (Wildman–Crippen LogP) is 0.456. The van der Waals surface area contributed by atoms with Crippen molar-refractivity contribution in [3.8, 4) is 0 Å². The minimum atomic E-state index is -0.298. The van der Waals surface area contributed by atoms with Gasteiger partial charge < -0.3 is 5.32 Å². The van der Waals surface area contributed by atoms with Crippen LogP contribution in [0.4, 0.5) is 0 Å². The lowest BCUT2D eigenvalue weighted by Crippen LogP contribution is -2.27. The van der Waals surface area contributed by atoms with E-state index in [1.807, 2.05) is 6.92 Å². The van der Waals surface area contributed by atoms with Crippen LogP contribution in [0.15, 0.2) is 5.38 Å². The largest absolute Gasteiger partial charge is 0.341 e. The lowest BCUT2D eigenvalue weighted by molar-refractivity contribution is 0.0934. The second-order valence-electron chi connectivity index (χ2n) is 3.22. The molecule has 0 saturated carbocycles. The Morgan fingerprint density at radius 1 is 1.62 bits per heavy atom. The van der Waals surface area contributed by atoms with Crippen LogP contribution in [0, 0.1) is 6.92 Å². The van der Waals surface area contributed by atoms with E-state index >= 15 is 0 Å². The molecule has 2 heterocycles. The second-order valence-corrected chi connectivity index (χ2v) is 4.28. The van der Waals surface area contributed by atoms with Gasteiger partial charge in [0.2, 0.25) is 0 Å². The van der Waals surface area contributed by atoms with E-state index in [9.17, 15) is 4.79 Å². The SMILES string of the molecule is Cc1nc(C(=O)NC(C)c2nn[nH]n2)cs1. The molecular weight excluding hydrogens is 228 g/mol. The molecule has 0 bridgehead atoms. The summed E-state index contributed by atoms with van der Waals surface area (Å²) in [6, 6.07) is -0.298. The van der Waals surface area contributed by atoms with Gasteiger partial charge in [-0.1, -0.05) is 5.21 Å². The normalized spacial score (nSPS) is 12.4. The summed E-state index contributed by atoms with van der Waals surface area (Å²) in [6.45, 7) is 3.63. The van der Waals surface area contributed by atoms with Crippen molar-refractivity contribution in [2.24, 2.45) is 0 Å². The van der Waals surface area contributed by atoms with Crippen LogP contribution < -0.4 is 5.32 Å². The quantitative estimate of drug-likeness (QED) is 0.809. The number of nitrogens with zero attached hydrogens (tertiary/aromatic N) is 4. The van der Waals surface area contributed by atoms with Crippen LogP contribution in [-0.4, -0.2) is 31.5 Å². The average molecular weight is 238 g/mol. The van der Waals surface area contributed by atoms with E-state index in [4.69, 9.17) is 0 Å². The number of hydrogen-bond donors (Lipinski definition) is 2. The molecule has 0 aliphatic heterocycles. The molecular formula is C8H10N6OS. The van der Waals surface area contributed by atoms with E-state index in [0.717, 1.165) is 5.01 Å². The molecule has 84 valence electrons. The number of rotatable bonds is 3. The third-order valence-corrected chi connectivity index (χ3v) is 2.72. The summed E-state index contributed by atoms with van der Waals surface area (Å²) in [7, 11) is 0. The van der Waals surface area contributed by atoms with Crippen LogP contribution in [0.25, 0.3) is 0 Å². The van der Waals surface area contributed by atoms with Crippen LogP contribution in [0.1, 0.15) is 34.3 Å². The first-order chi connectivity index (χ1) is 7.66. The maximum atomic E-state index is 11.7. The third-order valence-electron chi connectivity index (χ3n) is 1.95. The number of nitrogens with one attached hydrogen (secondary N) is 2. The summed E-state index contributed by atoms with van der Waals surface area (Å²) < 4.78 is 0. The first kappa shape index (κ1) is 10.7. The highest BCUT2D eigenvalue weighted by Gasteiger charge is 2.16. The summed E-state index contributed by atoms with van der Waals surface area (Å²) >= 11 is 1.44.